The van der Waals surface area contributed by atoms with Gasteiger partial charge in [-0.1, -0.05) is 12.1 Å². The van der Waals surface area contributed by atoms with Crippen molar-refractivity contribution < 1.29 is 14.3 Å². The number of rotatable bonds is 5. The van der Waals surface area contributed by atoms with Crippen LogP contribution in [0.25, 0.3) is 5.82 Å². The molecule has 1 aliphatic heterocycles. The molecule has 1 N–H and O–H groups in total. The summed E-state index contributed by atoms with van der Waals surface area (Å²) in [6.07, 6.45) is 5.11. The van der Waals surface area contributed by atoms with Gasteiger partial charge in [-0.05, 0) is 43.2 Å². The number of carbonyl (C=O) groups is 2. The molecule has 0 saturated carbocycles. The average Bonchev–Trinajstić information content (AvgIpc) is 3.34. The Bertz CT molecular complexity index is 1020. The fourth-order valence-electron chi connectivity index (χ4n) is 3.53. The Morgan fingerprint density at radius 2 is 1.90 bits per heavy atom. The maximum atomic E-state index is 12.9. The highest BCUT2D eigenvalue weighted by atomic mass is 16.5. The second-order valence-corrected chi connectivity index (χ2v) is 7.01. The van der Waals surface area contributed by atoms with Crippen LogP contribution in [0.15, 0.2) is 54.9 Å². The monoisotopic (exact) mass is 406 g/mol. The van der Waals surface area contributed by atoms with E-state index in [0.717, 1.165) is 25.2 Å². The summed E-state index contributed by atoms with van der Waals surface area (Å²) in [5.74, 6) is 0.519. The number of benzene rings is 1. The lowest BCUT2D eigenvalue weighted by Crippen LogP contribution is -2.41. The van der Waals surface area contributed by atoms with E-state index in [4.69, 9.17) is 4.74 Å². The number of aromatic nitrogens is 4. The molecule has 4 rings (SSSR count). The maximum Gasteiger partial charge on any atom is 0.339 e. The summed E-state index contributed by atoms with van der Waals surface area (Å²) >= 11 is 0. The molecule has 1 aromatic carbocycles. The first-order chi connectivity index (χ1) is 14.7. The van der Waals surface area contributed by atoms with Crippen molar-refractivity contribution in [3.63, 3.8) is 0 Å². The van der Waals surface area contributed by atoms with E-state index < -0.39 is 5.97 Å². The number of hydrogen-bond donors (Lipinski definition) is 1. The van der Waals surface area contributed by atoms with Crippen molar-refractivity contribution in [1.82, 2.24) is 20.0 Å². The maximum absolute atomic E-state index is 12.9. The van der Waals surface area contributed by atoms with Gasteiger partial charge in [0.1, 0.15) is 0 Å². The number of amides is 1. The summed E-state index contributed by atoms with van der Waals surface area (Å²) in [5, 5.41) is 15.6. The molecule has 1 unspecified atom stereocenters. The lowest BCUT2D eigenvalue weighted by atomic mass is 9.97. The minimum Gasteiger partial charge on any atom is -0.465 e. The van der Waals surface area contributed by atoms with Gasteiger partial charge in [-0.3, -0.25) is 4.79 Å². The highest BCUT2D eigenvalue weighted by Gasteiger charge is 2.27. The lowest BCUT2D eigenvalue weighted by molar-refractivity contribution is -0.120. The SMILES string of the molecule is COC(=O)c1ccccc1NC(=O)C1CCCN(c2ccc(-n3cccn3)nn2)C1. The van der Waals surface area contributed by atoms with Gasteiger partial charge in [-0.25, -0.2) is 9.48 Å². The molecule has 1 fully saturated rings. The zero-order valence-electron chi connectivity index (χ0n) is 16.6. The number of anilines is 2. The molecule has 1 atom stereocenters. The van der Waals surface area contributed by atoms with Gasteiger partial charge in [-0.15, -0.1) is 10.2 Å². The van der Waals surface area contributed by atoms with Crippen molar-refractivity contribution in [3.05, 3.63) is 60.4 Å². The molecule has 0 radical (unpaired) electrons. The zero-order chi connectivity index (χ0) is 20.9. The molecule has 1 amide bonds. The van der Waals surface area contributed by atoms with Crippen LogP contribution in [0.2, 0.25) is 0 Å². The Hall–Kier alpha value is -3.75. The van der Waals surface area contributed by atoms with Gasteiger partial charge in [0, 0.05) is 25.5 Å². The van der Waals surface area contributed by atoms with Crippen molar-refractivity contribution in [3.8, 4) is 5.82 Å². The van der Waals surface area contributed by atoms with Crippen LogP contribution in [0.5, 0.6) is 0 Å². The summed E-state index contributed by atoms with van der Waals surface area (Å²) in [4.78, 5) is 26.9. The van der Waals surface area contributed by atoms with Gasteiger partial charge >= 0.3 is 5.97 Å². The predicted octanol–water partition coefficient (Wildman–Crippen LogP) is 2.30. The summed E-state index contributed by atoms with van der Waals surface area (Å²) in [7, 11) is 1.32. The minimum absolute atomic E-state index is 0.128. The number of nitrogens with one attached hydrogen (secondary N) is 1. The normalized spacial score (nSPS) is 16.2. The van der Waals surface area contributed by atoms with Gasteiger partial charge in [0.05, 0.1) is 24.3 Å². The van der Waals surface area contributed by atoms with Crippen molar-refractivity contribution in [2.75, 3.05) is 30.4 Å². The highest BCUT2D eigenvalue weighted by molar-refractivity contribution is 6.02. The molecular weight excluding hydrogens is 384 g/mol. The second kappa shape index (κ2) is 8.73. The average molecular weight is 406 g/mol. The molecule has 9 heteroatoms. The van der Waals surface area contributed by atoms with E-state index in [1.165, 1.54) is 7.11 Å². The van der Waals surface area contributed by atoms with Crippen molar-refractivity contribution in [2.24, 2.45) is 5.92 Å². The van der Waals surface area contributed by atoms with E-state index >= 15 is 0 Å². The third-order valence-electron chi connectivity index (χ3n) is 5.08. The third-order valence-corrected chi connectivity index (χ3v) is 5.08. The van der Waals surface area contributed by atoms with E-state index in [-0.39, 0.29) is 11.8 Å². The molecule has 0 spiro atoms. The fourth-order valence-corrected chi connectivity index (χ4v) is 3.53. The molecule has 0 bridgehead atoms. The molecule has 154 valence electrons. The zero-order valence-corrected chi connectivity index (χ0v) is 16.6. The molecule has 3 heterocycles. The Morgan fingerprint density at radius 1 is 1.10 bits per heavy atom. The molecule has 9 nitrogen and oxygen atoms in total. The van der Waals surface area contributed by atoms with Crippen LogP contribution in [-0.4, -0.2) is 52.1 Å². The van der Waals surface area contributed by atoms with Crippen molar-refractivity contribution >= 4 is 23.4 Å². The second-order valence-electron chi connectivity index (χ2n) is 7.01. The molecule has 1 aliphatic rings. The topological polar surface area (TPSA) is 102 Å². The summed E-state index contributed by atoms with van der Waals surface area (Å²) in [5.41, 5.74) is 0.788. The van der Waals surface area contributed by atoms with Gasteiger partial charge in [-0.2, -0.15) is 5.10 Å². The summed E-state index contributed by atoms with van der Waals surface area (Å²) in [6, 6.07) is 12.4. The molecule has 0 aliphatic carbocycles. The van der Waals surface area contributed by atoms with Crippen LogP contribution in [0.4, 0.5) is 11.5 Å². The number of ether oxygens (including phenoxy) is 1. The standard InChI is InChI=1S/C21H22N6O3/c1-30-21(29)16-7-2-3-8-17(16)23-20(28)15-6-4-12-26(14-15)18-9-10-19(25-24-18)27-13-5-11-22-27/h2-3,5,7-11,13,15H,4,6,12,14H2,1H3,(H,23,28). The van der Waals surface area contributed by atoms with E-state index in [1.54, 1.807) is 41.3 Å². The minimum atomic E-state index is -0.483. The summed E-state index contributed by atoms with van der Waals surface area (Å²) in [6.45, 7) is 1.33. The fraction of sp³-hybridized carbons (Fsp3) is 0.286. The molecule has 1 saturated heterocycles. The van der Waals surface area contributed by atoms with E-state index in [2.05, 4.69) is 25.5 Å². The predicted molar refractivity (Wildman–Crippen MR) is 111 cm³/mol. The molecule has 2 aromatic heterocycles. The molecular formula is C21H22N6O3. The summed E-state index contributed by atoms with van der Waals surface area (Å²) < 4.78 is 6.44. The first-order valence-electron chi connectivity index (χ1n) is 9.72. The first kappa shape index (κ1) is 19.6. The number of hydrogen-bond acceptors (Lipinski definition) is 7. The lowest BCUT2D eigenvalue weighted by Gasteiger charge is -2.32. The third kappa shape index (κ3) is 4.14. The van der Waals surface area contributed by atoms with Crippen molar-refractivity contribution in [1.29, 1.82) is 0 Å². The number of piperidine rings is 1. The van der Waals surface area contributed by atoms with Gasteiger partial charge in [0.25, 0.3) is 0 Å². The largest absolute Gasteiger partial charge is 0.465 e. The molecule has 30 heavy (non-hydrogen) atoms. The van der Waals surface area contributed by atoms with Crippen LogP contribution >= 0.6 is 0 Å². The van der Waals surface area contributed by atoms with Crippen LogP contribution in [0.3, 0.4) is 0 Å². The van der Waals surface area contributed by atoms with Crippen molar-refractivity contribution in [2.45, 2.75) is 12.8 Å². The molecule has 3 aromatic rings. The van der Waals surface area contributed by atoms with E-state index in [0.29, 0.717) is 23.6 Å². The number of para-hydroxylation sites is 1. The van der Waals surface area contributed by atoms with Gasteiger partial charge < -0.3 is 15.0 Å². The van der Waals surface area contributed by atoms with Gasteiger partial charge in [0.2, 0.25) is 5.91 Å². The Kier molecular flexibility index (Phi) is 5.69. The highest BCUT2D eigenvalue weighted by Crippen LogP contribution is 2.24. The Labute approximate surface area is 173 Å². The Balaban J connectivity index is 1.44. The number of carbonyl (C=O) groups excluding carboxylic acids is 2. The quantitative estimate of drug-likeness (QED) is 0.649. The van der Waals surface area contributed by atoms with E-state index in [9.17, 15) is 9.59 Å². The number of methoxy groups -OCH3 is 1. The van der Waals surface area contributed by atoms with Gasteiger partial charge in [0.15, 0.2) is 11.6 Å². The number of nitrogens with zero attached hydrogens (tertiary/aromatic N) is 5. The van der Waals surface area contributed by atoms with Crippen LogP contribution in [0.1, 0.15) is 23.2 Å². The smallest absolute Gasteiger partial charge is 0.339 e. The van der Waals surface area contributed by atoms with Crippen LogP contribution in [0, 0.1) is 5.92 Å². The first-order valence-corrected chi connectivity index (χ1v) is 9.72. The van der Waals surface area contributed by atoms with E-state index in [1.807, 2.05) is 18.2 Å². The Morgan fingerprint density at radius 3 is 2.63 bits per heavy atom. The van der Waals surface area contributed by atoms with Crippen LogP contribution < -0.4 is 10.2 Å². The van der Waals surface area contributed by atoms with Crippen LogP contribution in [-0.2, 0) is 9.53 Å². The number of esters is 1.